The molecule has 0 aromatic heterocycles. The van der Waals surface area contributed by atoms with Crippen LogP contribution < -0.4 is 49.9 Å². The number of halogens is 2. The number of hydrogen-bond acceptors (Lipinski definition) is 7. The van der Waals surface area contributed by atoms with Gasteiger partial charge in [0.15, 0.2) is 11.9 Å². The van der Waals surface area contributed by atoms with E-state index in [4.69, 9.17) is 40.3 Å². The summed E-state index contributed by atoms with van der Waals surface area (Å²) in [5, 5.41) is 11.2. The predicted molar refractivity (Wildman–Crippen MR) is 213 cm³/mol. The summed E-state index contributed by atoms with van der Waals surface area (Å²) in [4.78, 5) is 75.3. The van der Waals surface area contributed by atoms with Gasteiger partial charge in [-0.1, -0.05) is 49.7 Å². The molecule has 4 atom stereocenters. The van der Waals surface area contributed by atoms with Crippen molar-refractivity contribution < 1.29 is 28.4 Å². The fourth-order valence-electron chi connectivity index (χ4n) is 5.52. The van der Waals surface area contributed by atoms with E-state index in [1.165, 1.54) is 48.5 Å². The van der Waals surface area contributed by atoms with Crippen molar-refractivity contribution in [3.63, 3.8) is 0 Å². The van der Waals surface area contributed by atoms with Gasteiger partial charge in [0.25, 0.3) is 5.91 Å². The highest BCUT2D eigenvalue weighted by molar-refractivity contribution is 6.30. The number of rotatable bonds is 20. The van der Waals surface area contributed by atoms with E-state index in [0.29, 0.717) is 28.3 Å². The molecule has 0 heterocycles. The van der Waals surface area contributed by atoms with Crippen LogP contribution in [0.4, 0.5) is 10.1 Å². The number of benzene rings is 3. The molecule has 5 amide bonds. The molecule has 16 nitrogen and oxygen atoms in total. The molecule has 0 fully saturated rings. The number of guanidine groups is 2. The number of amides is 5. The van der Waals surface area contributed by atoms with Gasteiger partial charge in [-0.2, -0.15) is 0 Å². The summed E-state index contributed by atoms with van der Waals surface area (Å²) < 4.78 is 13.8. The van der Waals surface area contributed by atoms with Crippen molar-refractivity contribution in [1.82, 2.24) is 21.3 Å². The number of nitrogens with zero attached hydrogens (tertiary/aromatic N) is 2. The van der Waals surface area contributed by atoms with Crippen LogP contribution in [-0.2, 0) is 32.0 Å². The molecule has 3 rings (SSSR count). The van der Waals surface area contributed by atoms with Gasteiger partial charge in [0.1, 0.15) is 30.0 Å². The topological polar surface area (TPSA) is 288 Å². The molecule has 3 aromatic rings. The van der Waals surface area contributed by atoms with Crippen LogP contribution in [0.15, 0.2) is 82.8 Å². The SMILES string of the molecule is CC(C)CC(NC(=O)C(Cc1ccc(N=C(N)N)cc1)NC(=O)C(Cc1ccc(F)cc1)NC(=O)c1ccc(Cl)cc1)C(=O)NC(CCCN=C(N)N)C(N)=O. The van der Waals surface area contributed by atoms with E-state index in [2.05, 4.69) is 31.3 Å². The first-order valence-corrected chi connectivity index (χ1v) is 18.1. The van der Waals surface area contributed by atoms with Gasteiger partial charge in [-0.15, -0.1) is 0 Å². The van der Waals surface area contributed by atoms with E-state index in [1.54, 1.807) is 24.3 Å². The number of nitrogens with one attached hydrogen (secondary N) is 4. The van der Waals surface area contributed by atoms with Crippen LogP contribution in [0.5, 0.6) is 0 Å². The first-order valence-electron chi connectivity index (χ1n) is 17.8. The molecule has 300 valence electrons. The zero-order valence-electron chi connectivity index (χ0n) is 31.1. The molecule has 18 heteroatoms. The molecular formula is C38H49ClFN11O5. The van der Waals surface area contributed by atoms with E-state index < -0.39 is 59.5 Å². The normalized spacial score (nSPS) is 12.9. The van der Waals surface area contributed by atoms with Crippen LogP contribution in [0.2, 0.25) is 5.02 Å². The third-order valence-corrected chi connectivity index (χ3v) is 8.55. The highest BCUT2D eigenvalue weighted by atomic mass is 35.5. The van der Waals surface area contributed by atoms with Crippen LogP contribution in [0.1, 0.15) is 54.6 Å². The first kappa shape index (κ1) is 44.2. The first-order chi connectivity index (χ1) is 26.5. The van der Waals surface area contributed by atoms with Gasteiger partial charge >= 0.3 is 0 Å². The van der Waals surface area contributed by atoms with Crippen LogP contribution in [-0.4, -0.2) is 72.2 Å². The van der Waals surface area contributed by atoms with E-state index >= 15 is 0 Å². The Balaban J connectivity index is 1.93. The fraction of sp³-hybridized carbons (Fsp3) is 0.342. The highest BCUT2D eigenvalue weighted by Crippen LogP contribution is 2.16. The molecule has 0 saturated heterocycles. The van der Waals surface area contributed by atoms with Crippen LogP contribution in [0.25, 0.3) is 0 Å². The number of aliphatic imine (C=N–C) groups is 2. The number of carbonyl (C=O) groups excluding carboxylic acids is 5. The molecule has 0 bridgehead atoms. The second kappa shape index (κ2) is 21.6. The average Bonchev–Trinajstić information content (AvgIpc) is 3.13. The van der Waals surface area contributed by atoms with Crippen molar-refractivity contribution in [2.24, 2.45) is 44.6 Å². The van der Waals surface area contributed by atoms with Crippen molar-refractivity contribution in [2.45, 2.75) is 70.1 Å². The predicted octanol–water partition coefficient (Wildman–Crippen LogP) is 1.01. The minimum atomic E-state index is -1.30. The summed E-state index contributed by atoms with van der Waals surface area (Å²) in [6, 6.07) is 13.2. The quantitative estimate of drug-likeness (QED) is 0.0448. The van der Waals surface area contributed by atoms with Crippen molar-refractivity contribution >= 4 is 58.7 Å². The summed E-state index contributed by atoms with van der Waals surface area (Å²) in [6.45, 7) is 3.88. The van der Waals surface area contributed by atoms with E-state index in [9.17, 15) is 28.4 Å². The zero-order valence-corrected chi connectivity index (χ0v) is 31.9. The lowest BCUT2D eigenvalue weighted by molar-refractivity contribution is -0.134. The van der Waals surface area contributed by atoms with Crippen LogP contribution in [0, 0.1) is 11.7 Å². The van der Waals surface area contributed by atoms with Crippen molar-refractivity contribution in [2.75, 3.05) is 6.54 Å². The van der Waals surface area contributed by atoms with Gasteiger partial charge in [0.05, 0.1) is 5.69 Å². The Morgan fingerprint density at radius 1 is 0.661 bits per heavy atom. The summed E-state index contributed by atoms with van der Waals surface area (Å²) in [7, 11) is 0. The summed E-state index contributed by atoms with van der Waals surface area (Å²) >= 11 is 5.99. The largest absolute Gasteiger partial charge is 0.370 e. The lowest BCUT2D eigenvalue weighted by atomic mass is 9.99. The monoisotopic (exact) mass is 793 g/mol. The number of nitrogens with two attached hydrogens (primary N) is 5. The van der Waals surface area contributed by atoms with Crippen molar-refractivity contribution in [3.8, 4) is 0 Å². The van der Waals surface area contributed by atoms with Gasteiger partial charge in [-0.05, 0) is 84.8 Å². The Kier molecular flexibility index (Phi) is 17.0. The van der Waals surface area contributed by atoms with E-state index in [1.807, 2.05) is 13.8 Å². The molecule has 0 aliphatic heterocycles. The molecule has 0 aliphatic rings. The Morgan fingerprint density at radius 2 is 1.16 bits per heavy atom. The summed E-state index contributed by atoms with van der Waals surface area (Å²) in [5.41, 5.74) is 29.1. The Bertz CT molecular complexity index is 1870. The second-order valence-electron chi connectivity index (χ2n) is 13.4. The maximum atomic E-state index is 14.1. The molecule has 0 spiro atoms. The molecule has 4 unspecified atom stereocenters. The lowest BCUT2D eigenvalue weighted by Gasteiger charge is -2.27. The molecule has 14 N–H and O–H groups in total. The van der Waals surface area contributed by atoms with Gasteiger partial charge in [-0.3, -0.25) is 29.0 Å². The maximum absolute atomic E-state index is 14.1. The molecule has 0 saturated carbocycles. The molecule has 0 radical (unpaired) electrons. The smallest absolute Gasteiger partial charge is 0.251 e. The van der Waals surface area contributed by atoms with Gasteiger partial charge in [-0.25, -0.2) is 9.38 Å². The minimum Gasteiger partial charge on any atom is -0.370 e. The zero-order chi connectivity index (χ0) is 41.4. The third-order valence-electron chi connectivity index (χ3n) is 8.29. The van der Waals surface area contributed by atoms with Gasteiger partial charge in [0.2, 0.25) is 23.6 Å². The van der Waals surface area contributed by atoms with E-state index in [-0.39, 0.29) is 55.6 Å². The Labute approximate surface area is 329 Å². The molecule has 0 aliphatic carbocycles. The average molecular weight is 794 g/mol. The fourth-order valence-corrected chi connectivity index (χ4v) is 5.64. The second-order valence-corrected chi connectivity index (χ2v) is 13.9. The summed E-state index contributed by atoms with van der Waals surface area (Å²) in [6.07, 6.45) is 0.486. The molecule has 56 heavy (non-hydrogen) atoms. The number of hydrogen-bond donors (Lipinski definition) is 9. The third kappa shape index (κ3) is 15.3. The standard InChI is InChI=1S/C38H49ClFN11O5/c1-21(2)18-29(34(54)48-28(32(41)52)4-3-17-46-37(42)43)50-36(56)31(20-23-7-15-27(16-8-23)47-38(44)45)51-35(55)30(19-22-5-13-26(40)14-6-22)49-33(53)24-9-11-25(39)12-10-24/h5-16,21,28-31H,3-4,17-20H2,1-2H3,(H2,41,52)(H,48,54)(H,49,53)(H,50,56)(H,51,55)(H4,42,43,46)(H4,44,45,47). The van der Waals surface area contributed by atoms with Crippen LogP contribution in [0.3, 0.4) is 0 Å². The number of primary amides is 1. The minimum absolute atomic E-state index is 0.0664. The number of carbonyl (C=O) groups is 5. The van der Waals surface area contributed by atoms with Crippen molar-refractivity contribution in [1.29, 1.82) is 0 Å². The van der Waals surface area contributed by atoms with Gasteiger partial charge < -0.3 is 49.9 Å². The maximum Gasteiger partial charge on any atom is 0.251 e. The Morgan fingerprint density at radius 3 is 1.68 bits per heavy atom. The Hall–Kier alpha value is -6.23. The molecule has 3 aromatic carbocycles. The molecular weight excluding hydrogens is 745 g/mol. The van der Waals surface area contributed by atoms with Crippen LogP contribution >= 0.6 is 11.6 Å². The van der Waals surface area contributed by atoms with Crippen molar-refractivity contribution in [3.05, 3.63) is 100 Å². The van der Waals surface area contributed by atoms with Gasteiger partial charge in [0, 0.05) is 30.0 Å². The van der Waals surface area contributed by atoms with E-state index in [0.717, 1.165) is 0 Å². The summed E-state index contributed by atoms with van der Waals surface area (Å²) in [5.74, 6) is -4.41. The lowest BCUT2D eigenvalue weighted by Crippen LogP contribution is -2.59. The highest BCUT2D eigenvalue weighted by Gasteiger charge is 2.32.